The highest BCUT2D eigenvalue weighted by atomic mass is 19.3. The highest BCUT2D eigenvalue weighted by Crippen LogP contribution is 2.30. The number of carboxylic acids is 1. The molecule has 1 unspecified atom stereocenters. The van der Waals surface area contributed by atoms with Gasteiger partial charge in [-0.25, -0.2) is 4.79 Å². The van der Waals surface area contributed by atoms with Crippen LogP contribution in [0.25, 0.3) is 0 Å². The molecular weight excluding hydrogens is 264 g/mol. The second-order valence-corrected chi connectivity index (χ2v) is 3.33. The van der Waals surface area contributed by atoms with Crippen molar-refractivity contribution in [1.82, 2.24) is 0 Å². The highest BCUT2D eigenvalue weighted by Gasteiger charge is 2.24. The molecule has 0 aromatic heterocycles. The molecule has 0 amide bonds. The molecule has 1 atom stereocenters. The molecular formula is C11H7F2NO5. The number of carbonyl (C=O) groups is 2. The summed E-state index contributed by atoms with van der Waals surface area (Å²) in [6.45, 7) is -3.27. The molecule has 0 aliphatic heterocycles. The number of halogens is 2. The Kier molecular flexibility index (Phi) is 4.50. The minimum atomic E-state index is -3.27. The number of nitrogens with zero attached hydrogens (tertiary/aromatic N) is 1. The van der Waals surface area contributed by atoms with Crippen LogP contribution in [0.2, 0.25) is 0 Å². The maximum Gasteiger partial charge on any atom is 0.387 e. The number of carbonyl (C=O) groups excluding carboxylic acids is 1. The average Bonchev–Trinajstić information content (AvgIpc) is 2.36. The number of nitriles is 1. The maximum atomic E-state index is 12.2. The first-order valence-corrected chi connectivity index (χ1v) is 4.79. The smallest absolute Gasteiger partial charge is 0.387 e. The predicted octanol–water partition coefficient (Wildman–Crippen LogP) is 1.09. The Morgan fingerprint density at radius 2 is 2.11 bits per heavy atom. The Labute approximate surface area is 105 Å². The summed E-state index contributed by atoms with van der Waals surface area (Å²) >= 11 is 0. The number of hydrogen-bond acceptors (Lipinski definition) is 5. The van der Waals surface area contributed by atoms with Crippen molar-refractivity contribution >= 4 is 12.3 Å². The number of aliphatic hydroxyl groups excluding tert-OH is 1. The molecule has 0 saturated carbocycles. The summed E-state index contributed by atoms with van der Waals surface area (Å²) in [5.41, 5.74) is -1.04. The Morgan fingerprint density at radius 1 is 1.47 bits per heavy atom. The third-order valence-corrected chi connectivity index (χ3v) is 2.17. The highest BCUT2D eigenvalue weighted by molar-refractivity contribution is 5.82. The topological polar surface area (TPSA) is 108 Å². The van der Waals surface area contributed by atoms with Gasteiger partial charge in [0.25, 0.3) is 0 Å². The molecule has 8 heteroatoms. The molecule has 6 nitrogen and oxygen atoms in total. The molecule has 0 aliphatic carbocycles. The fourth-order valence-corrected chi connectivity index (χ4v) is 1.35. The molecule has 0 radical (unpaired) electrons. The number of rotatable bonds is 5. The van der Waals surface area contributed by atoms with Crippen LogP contribution in [0.1, 0.15) is 27.6 Å². The molecule has 2 N–H and O–H groups in total. The number of carboxylic acid groups (broad SMARTS) is 1. The zero-order valence-corrected chi connectivity index (χ0v) is 9.21. The lowest BCUT2D eigenvalue weighted by atomic mass is 10.0. The van der Waals surface area contributed by atoms with Crippen molar-refractivity contribution in [2.45, 2.75) is 12.7 Å². The Balaban J connectivity index is 3.44. The second-order valence-electron chi connectivity index (χ2n) is 3.33. The number of ether oxygens (including phenoxy) is 1. The van der Waals surface area contributed by atoms with Gasteiger partial charge in [-0.05, 0) is 12.1 Å². The first kappa shape index (κ1) is 14.5. The van der Waals surface area contributed by atoms with Crippen LogP contribution in [0.3, 0.4) is 0 Å². The van der Waals surface area contributed by atoms with Crippen LogP contribution in [0.4, 0.5) is 8.78 Å². The lowest BCUT2D eigenvalue weighted by Crippen LogP contribution is -2.14. The third kappa shape index (κ3) is 3.23. The van der Waals surface area contributed by atoms with E-state index in [4.69, 9.17) is 10.4 Å². The Morgan fingerprint density at radius 3 is 2.53 bits per heavy atom. The van der Waals surface area contributed by atoms with Gasteiger partial charge in [0, 0.05) is 11.1 Å². The van der Waals surface area contributed by atoms with Gasteiger partial charge < -0.3 is 14.9 Å². The maximum absolute atomic E-state index is 12.2. The van der Waals surface area contributed by atoms with Crippen molar-refractivity contribution in [3.05, 3.63) is 28.8 Å². The van der Waals surface area contributed by atoms with Crippen molar-refractivity contribution < 1.29 is 33.3 Å². The van der Waals surface area contributed by atoms with Gasteiger partial charge in [-0.3, -0.25) is 4.79 Å². The second kappa shape index (κ2) is 5.88. The first-order valence-electron chi connectivity index (χ1n) is 4.79. The molecule has 0 heterocycles. The number of alkyl halides is 2. The summed E-state index contributed by atoms with van der Waals surface area (Å²) in [4.78, 5) is 21.3. The van der Waals surface area contributed by atoms with E-state index < -0.39 is 30.0 Å². The van der Waals surface area contributed by atoms with E-state index in [0.717, 1.165) is 12.1 Å². The normalized spacial score (nSPS) is 11.7. The minimum Gasteiger partial charge on any atom is -0.479 e. The molecule has 0 aliphatic rings. The summed E-state index contributed by atoms with van der Waals surface area (Å²) in [6, 6.07) is 3.18. The predicted molar refractivity (Wildman–Crippen MR) is 55.8 cm³/mol. The number of aliphatic hydroxyl groups is 1. The molecule has 1 rings (SSSR count). The van der Waals surface area contributed by atoms with E-state index in [-0.39, 0.29) is 17.4 Å². The van der Waals surface area contributed by atoms with Crippen molar-refractivity contribution in [3.8, 4) is 11.8 Å². The van der Waals surface area contributed by atoms with Crippen molar-refractivity contribution in [2.24, 2.45) is 0 Å². The summed E-state index contributed by atoms with van der Waals surface area (Å²) in [7, 11) is 0. The number of aldehydes is 1. The summed E-state index contributed by atoms with van der Waals surface area (Å²) in [6.07, 6.45) is -1.92. The van der Waals surface area contributed by atoms with Gasteiger partial charge in [-0.15, -0.1) is 0 Å². The summed E-state index contributed by atoms with van der Waals surface area (Å²) in [5.74, 6) is -2.38. The van der Waals surface area contributed by atoms with Crippen molar-refractivity contribution in [3.63, 3.8) is 0 Å². The molecule has 1 aromatic carbocycles. The van der Waals surface area contributed by atoms with Crippen LogP contribution in [0.15, 0.2) is 12.1 Å². The van der Waals surface area contributed by atoms with E-state index in [1.165, 1.54) is 0 Å². The summed E-state index contributed by atoms with van der Waals surface area (Å²) in [5, 5.41) is 26.7. The van der Waals surface area contributed by atoms with E-state index in [1.807, 2.05) is 0 Å². The monoisotopic (exact) mass is 271 g/mol. The van der Waals surface area contributed by atoms with E-state index >= 15 is 0 Å². The zero-order valence-electron chi connectivity index (χ0n) is 9.21. The molecule has 0 spiro atoms. The van der Waals surface area contributed by atoms with Gasteiger partial charge in [-0.1, -0.05) is 0 Å². The van der Waals surface area contributed by atoms with Crippen LogP contribution >= 0.6 is 0 Å². The van der Waals surface area contributed by atoms with Gasteiger partial charge >= 0.3 is 12.6 Å². The quantitative estimate of drug-likeness (QED) is 0.776. The first-order chi connectivity index (χ1) is 8.90. The van der Waals surface area contributed by atoms with Crippen LogP contribution in [0.5, 0.6) is 5.75 Å². The van der Waals surface area contributed by atoms with Gasteiger partial charge in [0.05, 0.1) is 11.6 Å². The lowest BCUT2D eigenvalue weighted by molar-refractivity contribution is -0.147. The zero-order chi connectivity index (χ0) is 14.6. The third-order valence-electron chi connectivity index (χ3n) is 2.17. The van der Waals surface area contributed by atoms with Gasteiger partial charge in [0.2, 0.25) is 0 Å². The van der Waals surface area contributed by atoms with Gasteiger partial charge in [-0.2, -0.15) is 14.0 Å². The van der Waals surface area contributed by atoms with Crippen LogP contribution in [-0.2, 0) is 4.79 Å². The minimum absolute atomic E-state index is 0.230. The fourth-order valence-electron chi connectivity index (χ4n) is 1.35. The SMILES string of the molecule is N#Cc1cc(C(O)C(=O)O)c(OC(F)F)cc1C=O. The standard InChI is InChI=1S/C11H7F2NO5/c12-11(13)19-8-2-6(4-15)5(3-14)1-7(8)9(16)10(17)18/h1-2,4,9,11,16H,(H,17,18). The molecule has 0 saturated heterocycles. The molecule has 100 valence electrons. The lowest BCUT2D eigenvalue weighted by Gasteiger charge is -2.14. The van der Waals surface area contributed by atoms with Crippen LogP contribution < -0.4 is 4.74 Å². The molecule has 0 bridgehead atoms. The van der Waals surface area contributed by atoms with Crippen molar-refractivity contribution in [1.29, 1.82) is 5.26 Å². The molecule has 1 aromatic rings. The van der Waals surface area contributed by atoms with E-state index in [1.54, 1.807) is 6.07 Å². The Bertz CT molecular complexity index is 553. The largest absolute Gasteiger partial charge is 0.479 e. The molecule has 0 fully saturated rings. The van der Waals surface area contributed by atoms with E-state index in [0.29, 0.717) is 0 Å². The molecule has 19 heavy (non-hydrogen) atoms. The number of hydrogen-bond donors (Lipinski definition) is 2. The fraction of sp³-hybridized carbons (Fsp3) is 0.182. The van der Waals surface area contributed by atoms with Crippen LogP contribution in [0, 0.1) is 11.3 Å². The van der Waals surface area contributed by atoms with Gasteiger partial charge in [0.15, 0.2) is 12.4 Å². The summed E-state index contributed by atoms with van der Waals surface area (Å²) < 4.78 is 28.4. The Hall–Kier alpha value is -2.53. The van der Waals surface area contributed by atoms with Gasteiger partial charge in [0.1, 0.15) is 5.75 Å². The van der Waals surface area contributed by atoms with Crippen molar-refractivity contribution in [2.75, 3.05) is 0 Å². The van der Waals surface area contributed by atoms with Crippen LogP contribution in [-0.4, -0.2) is 29.1 Å². The van der Waals surface area contributed by atoms with E-state index in [2.05, 4.69) is 4.74 Å². The number of aliphatic carboxylic acids is 1. The number of benzene rings is 1. The average molecular weight is 271 g/mol. The van der Waals surface area contributed by atoms with E-state index in [9.17, 15) is 23.5 Å².